The number of pyridine rings is 1. The molecule has 3 saturated carbocycles. The molecule has 8 heteroatoms. The van der Waals surface area contributed by atoms with Crippen LogP contribution in [-0.2, 0) is 17.8 Å². The molecule has 208 valence electrons. The number of methoxy groups -OCH3 is 2. The number of amides is 1. The summed E-state index contributed by atoms with van der Waals surface area (Å²) in [5.41, 5.74) is 4.36. The molecule has 1 aliphatic heterocycles. The van der Waals surface area contributed by atoms with E-state index in [9.17, 15) is 4.79 Å². The van der Waals surface area contributed by atoms with Crippen molar-refractivity contribution in [3.8, 4) is 17.3 Å². The Kier molecular flexibility index (Phi) is 5.22. The van der Waals surface area contributed by atoms with Crippen molar-refractivity contribution >= 4 is 28.0 Å². The van der Waals surface area contributed by atoms with Gasteiger partial charge in [-0.15, -0.1) is 0 Å². The van der Waals surface area contributed by atoms with Crippen LogP contribution in [0.1, 0.15) is 49.9 Å². The molecule has 4 aliphatic rings. The number of nitrogens with zero attached hydrogens (tertiary/aromatic N) is 5. The molecule has 0 N–H and O–H groups in total. The average Bonchev–Trinajstić information content (AvgIpc) is 3.49. The van der Waals surface area contributed by atoms with Crippen molar-refractivity contribution in [1.82, 2.24) is 24.0 Å². The van der Waals surface area contributed by atoms with Crippen LogP contribution in [0.25, 0.3) is 33.6 Å². The zero-order valence-electron chi connectivity index (χ0n) is 23.8. The van der Waals surface area contributed by atoms with Crippen molar-refractivity contribution in [3.05, 3.63) is 42.1 Å². The van der Waals surface area contributed by atoms with E-state index in [-0.39, 0.29) is 11.5 Å². The Morgan fingerprint density at radius 2 is 1.98 bits per heavy atom. The smallest absolute Gasteiger partial charge is 0.254 e. The summed E-state index contributed by atoms with van der Waals surface area (Å²) in [5, 5.41) is 1.10. The second kappa shape index (κ2) is 8.56. The number of carbonyl (C=O) groups is 1. The predicted molar refractivity (Wildman–Crippen MR) is 153 cm³/mol. The summed E-state index contributed by atoms with van der Waals surface area (Å²) < 4.78 is 16.3. The number of fused-ring (bicyclic) bond motifs is 2. The fourth-order valence-corrected chi connectivity index (χ4v) is 8.55. The Labute approximate surface area is 234 Å². The van der Waals surface area contributed by atoms with Crippen molar-refractivity contribution in [1.29, 1.82) is 0 Å². The molecule has 4 heterocycles. The average molecular weight is 540 g/mol. The minimum atomic E-state index is -0.0667. The minimum Gasteiger partial charge on any atom is -0.494 e. The van der Waals surface area contributed by atoms with Gasteiger partial charge in [0.05, 0.1) is 23.9 Å². The van der Waals surface area contributed by atoms with Crippen LogP contribution in [0.2, 0.25) is 0 Å². The van der Waals surface area contributed by atoms with E-state index in [4.69, 9.17) is 14.5 Å². The first-order valence-corrected chi connectivity index (χ1v) is 14.8. The number of aromatic nitrogens is 4. The molecule has 4 aromatic rings. The summed E-state index contributed by atoms with van der Waals surface area (Å²) in [6, 6.07) is 10.6. The van der Waals surface area contributed by atoms with E-state index in [1.165, 1.54) is 12.8 Å². The topological polar surface area (TPSA) is 74.4 Å². The van der Waals surface area contributed by atoms with Crippen LogP contribution in [0, 0.1) is 23.7 Å². The third-order valence-electron chi connectivity index (χ3n) is 10.6. The van der Waals surface area contributed by atoms with Gasteiger partial charge in [-0.2, -0.15) is 0 Å². The lowest BCUT2D eigenvalue weighted by atomic mass is 9.53. The minimum absolute atomic E-state index is 0.0667. The number of imidazole rings is 1. The van der Waals surface area contributed by atoms with Gasteiger partial charge in [0.25, 0.3) is 5.91 Å². The van der Waals surface area contributed by atoms with E-state index < -0.39 is 0 Å². The highest BCUT2D eigenvalue weighted by Crippen LogP contribution is 2.60. The van der Waals surface area contributed by atoms with Crippen molar-refractivity contribution < 1.29 is 14.3 Å². The molecule has 1 amide bonds. The molecule has 40 heavy (non-hydrogen) atoms. The molecular formula is C32H37N5O3. The van der Waals surface area contributed by atoms with Gasteiger partial charge in [0.1, 0.15) is 16.9 Å². The van der Waals surface area contributed by atoms with Gasteiger partial charge < -0.3 is 23.5 Å². The van der Waals surface area contributed by atoms with Gasteiger partial charge in [-0.25, -0.2) is 9.97 Å². The maximum Gasteiger partial charge on any atom is 0.254 e. The van der Waals surface area contributed by atoms with E-state index in [1.54, 1.807) is 14.2 Å². The highest BCUT2D eigenvalue weighted by atomic mass is 16.5. The fourth-order valence-electron chi connectivity index (χ4n) is 8.55. The van der Waals surface area contributed by atoms with Crippen molar-refractivity contribution in [2.45, 2.75) is 64.3 Å². The van der Waals surface area contributed by atoms with Crippen LogP contribution in [-0.4, -0.2) is 62.3 Å². The summed E-state index contributed by atoms with van der Waals surface area (Å²) >= 11 is 0. The predicted octanol–water partition coefficient (Wildman–Crippen LogP) is 5.38. The Morgan fingerprint density at radius 1 is 1.12 bits per heavy atom. The molecule has 4 atom stereocenters. The second-order valence-corrected chi connectivity index (χ2v) is 12.8. The van der Waals surface area contributed by atoms with Crippen molar-refractivity contribution in [2.75, 3.05) is 20.8 Å². The standard InChI is InChI=1S/C32H37N5O3/c1-5-35-25(11-19-7-6-8-33-29(19)35)30-34-23-10-21(31(38)36-17-22-9-20-12-24(36)27(20)22)13-26(39-3)28(23)37(30)16-18-14-32(2,15-18)40-4/h6-8,10-11,13,18,20,22,24,27H,5,9,12,14-17H2,1-4H3/t18?,20?,22-,24-,27-,32?/m1/s1. The molecule has 1 unspecified atom stereocenters. The van der Waals surface area contributed by atoms with Gasteiger partial charge in [0.2, 0.25) is 0 Å². The number of carbonyl (C=O) groups excluding carboxylic acids is 1. The van der Waals surface area contributed by atoms with Crippen LogP contribution in [0.4, 0.5) is 0 Å². The molecule has 1 aromatic carbocycles. The van der Waals surface area contributed by atoms with Gasteiger partial charge >= 0.3 is 0 Å². The first-order valence-electron chi connectivity index (χ1n) is 14.8. The molecule has 8 nitrogen and oxygen atoms in total. The maximum absolute atomic E-state index is 13.8. The Hall–Kier alpha value is -3.39. The number of aryl methyl sites for hydroxylation is 1. The molecule has 1 saturated heterocycles. The second-order valence-electron chi connectivity index (χ2n) is 12.8. The monoisotopic (exact) mass is 539 g/mol. The molecule has 0 spiro atoms. The van der Waals surface area contributed by atoms with Gasteiger partial charge in [-0.3, -0.25) is 4.79 Å². The Morgan fingerprint density at radius 3 is 2.70 bits per heavy atom. The lowest BCUT2D eigenvalue weighted by Gasteiger charge is -2.52. The lowest BCUT2D eigenvalue weighted by molar-refractivity contribution is -0.0937. The molecule has 0 radical (unpaired) electrons. The van der Waals surface area contributed by atoms with Crippen molar-refractivity contribution in [3.63, 3.8) is 0 Å². The van der Waals surface area contributed by atoms with Crippen LogP contribution in [0.15, 0.2) is 36.5 Å². The SMILES string of the molecule is CCn1c(-c2nc3cc(C(=O)N4C[C@H]5CC6C[C@@H]4[C@H]65)cc(OC)c3n2CC2CC(C)(OC)C2)cc2cccnc21. The maximum atomic E-state index is 13.8. The summed E-state index contributed by atoms with van der Waals surface area (Å²) in [6.45, 7) is 6.82. The number of ether oxygens (including phenoxy) is 2. The largest absolute Gasteiger partial charge is 0.494 e. The molecule has 3 aromatic heterocycles. The summed E-state index contributed by atoms with van der Waals surface area (Å²) in [7, 11) is 3.50. The van der Waals surface area contributed by atoms with E-state index in [2.05, 4.69) is 45.0 Å². The normalized spacial score (nSPS) is 30.2. The first-order chi connectivity index (χ1) is 19.4. The van der Waals surface area contributed by atoms with E-state index in [0.29, 0.717) is 29.2 Å². The Bertz CT molecular complexity index is 1660. The molecular weight excluding hydrogens is 502 g/mol. The summed E-state index contributed by atoms with van der Waals surface area (Å²) in [5.74, 6) is 4.49. The van der Waals surface area contributed by atoms with Crippen molar-refractivity contribution in [2.24, 2.45) is 23.7 Å². The number of likely N-dealkylation sites (tertiary alicyclic amines) is 1. The van der Waals surface area contributed by atoms with Gasteiger partial charge in [-0.05, 0) is 93.5 Å². The first kappa shape index (κ1) is 24.4. The van der Waals surface area contributed by atoms with E-state index >= 15 is 0 Å². The number of benzene rings is 1. The molecule has 4 fully saturated rings. The van der Waals surface area contributed by atoms with Gasteiger partial charge in [0, 0.05) is 49.9 Å². The molecule has 3 aliphatic carbocycles. The number of hydrogen-bond donors (Lipinski definition) is 0. The number of rotatable bonds is 7. The zero-order valence-corrected chi connectivity index (χ0v) is 23.8. The summed E-state index contributed by atoms with van der Waals surface area (Å²) in [6.07, 6.45) is 6.31. The zero-order chi connectivity index (χ0) is 27.3. The van der Waals surface area contributed by atoms with Gasteiger partial charge in [-0.1, -0.05) is 0 Å². The number of hydrogen-bond acceptors (Lipinski definition) is 5. The molecule has 8 rings (SSSR count). The van der Waals surface area contributed by atoms with Gasteiger partial charge in [0.15, 0.2) is 5.82 Å². The quantitative estimate of drug-likeness (QED) is 0.315. The van der Waals surface area contributed by atoms with Crippen LogP contribution in [0.3, 0.4) is 0 Å². The van der Waals surface area contributed by atoms with E-state index in [0.717, 1.165) is 77.9 Å². The van der Waals surface area contributed by atoms with Crippen LogP contribution >= 0.6 is 0 Å². The summed E-state index contributed by atoms with van der Waals surface area (Å²) in [4.78, 5) is 25.9. The third kappa shape index (κ3) is 3.31. The Balaban J connectivity index is 1.26. The lowest BCUT2D eigenvalue weighted by Crippen LogP contribution is -2.53. The van der Waals surface area contributed by atoms with Crippen LogP contribution in [0.5, 0.6) is 5.75 Å². The molecule has 0 bridgehead atoms. The fraction of sp³-hybridized carbons (Fsp3) is 0.531. The highest BCUT2D eigenvalue weighted by Gasteiger charge is 2.61. The van der Waals surface area contributed by atoms with E-state index in [1.807, 2.05) is 24.4 Å². The highest BCUT2D eigenvalue weighted by molar-refractivity contribution is 6.00. The van der Waals surface area contributed by atoms with Crippen LogP contribution < -0.4 is 4.74 Å². The third-order valence-corrected chi connectivity index (χ3v) is 10.6.